The van der Waals surface area contributed by atoms with Gasteiger partial charge in [-0.1, -0.05) is 6.07 Å². The Morgan fingerprint density at radius 1 is 1.24 bits per heavy atom. The number of benzene rings is 1. The van der Waals surface area contributed by atoms with Gasteiger partial charge in [0.25, 0.3) is 5.91 Å². The molecular formula is C15H16F3N3O4. The third kappa shape index (κ3) is 6.32. The molecule has 3 amide bonds. The number of carboxylic acid groups (broad SMARTS) is 1. The molecule has 1 aromatic rings. The van der Waals surface area contributed by atoms with E-state index in [1.165, 1.54) is 24.3 Å². The lowest BCUT2D eigenvalue weighted by molar-refractivity contribution is -0.157. The van der Waals surface area contributed by atoms with E-state index in [1.54, 1.807) is 0 Å². The van der Waals surface area contributed by atoms with Crippen LogP contribution in [0.1, 0.15) is 29.6 Å². The molecule has 1 aromatic carbocycles. The van der Waals surface area contributed by atoms with Crippen LogP contribution in [-0.2, 0) is 4.79 Å². The summed E-state index contributed by atoms with van der Waals surface area (Å²) in [6, 6.07) is 3.03. The molecule has 1 aliphatic carbocycles. The minimum Gasteiger partial charge on any atom is -0.480 e. The second kappa shape index (κ2) is 7.41. The second-order valence-electron chi connectivity index (χ2n) is 5.64. The number of urea groups is 1. The van der Waals surface area contributed by atoms with Gasteiger partial charge in [0.2, 0.25) is 0 Å². The van der Waals surface area contributed by atoms with Crippen molar-refractivity contribution in [3.63, 3.8) is 0 Å². The third-order valence-corrected chi connectivity index (χ3v) is 3.33. The van der Waals surface area contributed by atoms with E-state index >= 15 is 0 Å². The summed E-state index contributed by atoms with van der Waals surface area (Å²) in [5, 5.41) is 15.8. The summed E-state index contributed by atoms with van der Waals surface area (Å²) >= 11 is 0. The van der Waals surface area contributed by atoms with Crippen LogP contribution in [0.4, 0.5) is 23.7 Å². The summed E-state index contributed by atoms with van der Waals surface area (Å²) in [6.45, 7) is 0. The molecule has 0 spiro atoms. The van der Waals surface area contributed by atoms with E-state index in [-0.39, 0.29) is 17.3 Å². The molecule has 0 radical (unpaired) electrons. The number of amides is 3. The van der Waals surface area contributed by atoms with Crippen LogP contribution in [-0.4, -0.2) is 41.3 Å². The van der Waals surface area contributed by atoms with Crippen LogP contribution in [0.15, 0.2) is 24.3 Å². The first-order valence-corrected chi connectivity index (χ1v) is 7.42. The molecule has 25 heavy (non-hydrogen) atoms. The van der Waals surface area contributed by atoms with Gasteiger partial charge in [0.1, 0.15) is 6.04 Å². The fourth-order valence-electron chi connectivity index (χ4n) is 1.99. The lowest BCUT2D eigenvalue weighted by atomic mass is 10.1. The van der Waals surface area contributed by atoms with Gasteiger partial charge in [0, 0.05) is 17.3 Å². The molecule has 1 aliphatic rings. The monoisotopic (exact) mass is 359 g/mol. The van der Waals surface area contributed by atoms with Gasteiger partial charge in [-0.15, -0.1) is 0 Å². The average molecular weight is 359 g/mol. The highest BCUT2D eigenvalue weighted by molar-refractivity contribution is 5.98. The summed E-state index contributed by atoms with van der Waals surface area (Å²) in [7, 11) is 0. The molecule has 1 saturated carbocycles. The van der Waals surface area contributed by atoms with Crippen LogP contribution >= 0.6 is 0 Å². The van der Waals surface area contributed by atoms with E-state index in [0.717, 1.165) is 12.8 Å². The molecule has 1 unspecified atom stereocenters. The van der Waals surface area contributed by atoms with Crippen molar-refractivity contribution in [2.75, 3.05) is 5.32 Å². The van der Waals surface area contributed by atoms with Gasteiger partial charge >= 0.3 is 18.2 Å². The zero-order valence-corrected chi connectivity index (χ0v) is 12.9. The molecule has 0 aromatic heterocycles. The third-order valence-electron chi connectivity index (χ3n) is 3.33. The van der Waals surface area contributed by atoms with Crippen molar-refractivity contribution < 1.29 is 32.7 Å². The number of alkyl halides is 3. The van der Waals surface area contributed by atoms with E-state index in [9.17, 15) is 27.6 Å². The molecule has 2 rings (SSSR count). The zero-order valence-electron chi connectivity index (χ0n) is 12.9. The van der Waals surface area contributed by atoms with Crippen LogP contribution in [0.25, 0.3) is 0 Å². The number of carbonyl (C=O) groups is 3. The Labute approximate surface area is 140 Å². The minimum absolute atomic E-state index is 0.0716. The molecule has 4 N–H and O–H groups in total. The van der Waals surface area contributed by atoms with E-state index < -0.39 is 36.5 Å². The predicted molar refractivity (Wildman–Crippen MR) is 81.2 cm³/mol. The van der Waals surface area contributed by atoms with Crippen LogP contribution in [0.2, 0.25) is 0 Å². The van der Waals surface area contributed by atoms with E-state index in [4.69, 9.17) is 5.11 Å². The van der Waals surface area contributed by atoms with Gasteiger partial charge in [0.15, 0.2) is 0 Å². The fraction of sp³-hybridized carbons (Fsp3) is 0.400. The Balaban J connectivity index is 2.01. The molecule has 7 nitrogen and oxygen atoms in total. The summed E-state index contributed by atoms with van der Waals surface area (Å²) in [4.78, 5) is 34.5. The first-order chi connectivity index (χ1) is 11.6. The lowest BCUT2D eigenvalue weighted by Crippen LogP contribution is -2.43. The quantitative estimate of drug-likeness (QED) is 0.624. The maximum absolute atomic E-state index is 12.4. The second-order valence-corrected chi connectivity index (χ2v) is 5.64. The van der Waals surface area contributed by atoms with Crippen LogP contribution in [0.3, 0.4) is 0 Å². The van der Waals surface area contributed by atoms with Crippen molar-refractivity contribution in [2.45, 2.75) is 37.5 Å². The Kier molecular flexibility index (Phi) is 5.50. The van der Waals surface area contributed by atoms with Crippen molar-refractivity contribution in [1.29, 1.82) is 0 Å². The minimum atomic E-state index is -4.74. The van der Waals surface area contributed by atoms with E-state index in [2.05, 4.69) is 10.6 Å². The summed E-state index contributed by atoms with van der Waals surface area (Å²) < 4.78 is 37.1. The number of carboxylic acids is 1. The van der Waals surface area contributed by atoms with Crippen molar-refractivity contribution in [3.8, 4) is 0 Å². The molecule has 136 valence electrons. The van der Waals surface area contributed by atoms with Gasteiger partial charge in [-0.2, -0.15) is 13.2 Å². The molecule has 1 atom stereocenters. The van der Waals surface area contributed by atoms with E-state index in [0.29, 0.717) is 0 Å². The summed E-state index contributed by atoms with van der Waals surface area (Å²) in [5.41, 5.74) is 0.186. The zero-order chi connectivity index (χ0) is 18.6. The molecule has 10 heteroatoms. The van der Waals surface area contributed by atoms with Crippen molar-refractivity contribution >= 4 is 23.6 Å². The first kappa shape index (κ1) is 18.6. The number of carbonyl (C=O) groups excluding carboxylic acids is 2. The normalized spacial score (nSPS) is 15.2. The van der Waals surface area contributed by atoms with Gasteiger partial charge in [-0.3, -0.25) is 4.79 Å². The highest BCUT2D eigenvalue weighted by atomic mass is 19.4. The largest absolute Gasteiger partial charge is 0.480 e. The number of rotatable bonds is 6. The van der Waals surface area contributed by atoms with Gasteiger partial charge < -0.3 is 21.1 Å². The van der Waals surface area contributed by atoms with Crippen LogP contribution in [0, 0.1) is 0 Å². The van der Waals surface area contributed by atoms with Crippen LogP contribution < -0.4 is 16.0 Å². The Bertz CT molecular complexity index is 674. The number of anilines is 1. The topological polar surface area (TPSA) is 108 Å². The Morgan fingerprint density at radius 3 is 2.48 bits per heavy atom. The van der Waals surface area contributed by atoms with E-state index in [1.807, 2.05) is 5.32 Å². The number of hydrogen-bond acceptors (Lipinski definition) is 3. The maximum Gasteiger partial charge on any atom is 0.391 e. The molecule has 1 fully saturated rings. The molecule has 0 heterocycles. The van der Waals surface area contributed by atoms with Gasteiger partial charge in [-0.05, 0) is 31.0 Å². The smallest absolute Gasteiger partial charge is 0.391 e. The number of halogens is 3. The lowest BCUT2D eigenvalue weighted by Gasteiger charge is -2.16. The molecule has 0 aliphatic heterocycles. The number of aliphatic carboxylic acids is 1. The first-order valence-electron chi connectivity index (χ1n) is 7.42. The number of nitrogens with one attached hydrogen (secondary N) is 3. The fourth-order valence-corrected chi connectivity index (χ4v) is 1.99. The average Bonchev–Trinajstić information content (AvgIpc) is 3.29. The van der Waals surface area contributed by atoms with Crippen LogP contribution in [0.5, 0.6) is 0 Å². The van der Waals surface area contributed by atoms with Gasteiger partial charge in [0.05, 0.1) is 6.42 Å². The highest BCUT2D eigenvalue weighted by Gasteiger charge is 2.36. The molecule has 0 saturated heterocycles. The van der Waals surface area contributed by atoms with Crippen molar-refractivity contribution in [2.24, 2.45) is 0 Å². The summed E-state index contributed by atoms with van der Waals surface area (Å²) in [6.07, 6.45) is -4.63. The van der Waals surface area contributed by atoms with Gasteiger partial charge in [-0.25, -0.2) is 9.59 Å². The number of hydrogen-bond donors (Lipinski definition) is 4. The predicted octanol–water partition coefficient (Wildman–Crippen LogP) is 2.11. The standard InChI is InChI=1S/C15H16F3N3O4/c16-15(17,18)7-11(13(23)24)21-12(22)8-2-1-3-10(6-8)20-14(25)19-9-4-5-9/h1-3,6,9,11H,4-5,7H2,(H,21,22)(H,23,24)(H2,19,20,25). The Morgan fingerprint density at radius 2 is 1.92 bits per heavy atom. The SMILES string of the molecule is O=C(Nc1cccc(C(=O)NC(CC(F)(F)F)C(=O)O)c1)NC1CC1. The van der Waals surface area contributed by atoms with Crippen molar-refractivity contribution in [3.05, 3.63) is 29.8 Å². The molecule has 0 bridgehead atoms. The summed E-state index contributed by atoms with van der Waals surface area (Å²) in [5.74, 6) is -2.77. The maximum atomic E-state index is 12.4. The highest BCUT2D eigenvalue weighted by Crippen LogP contribution is 2.22. The Hall–Kier alpha value is -2.78. The van der Waals surface area contributed by atoms with Crippen molar-refractivity contribution in [1.82, 2.24) is 10.6 Å². The molecular weight excluding hydrogens is 343 g/mol.